The molecule has 0 heterocycles. The fraction of sp³-hybridized carbons (Fsp3) is 0.700. The van der Waals surface area contributed by atoms with Crippen LogP contribution in [0.5, 0.6) is 0 Å². The first-order chi connectivity index (χ1) is 5.35. The largest absolute Gasteiger partial charge is 0.386 e. The summed E-state index contributed by atoms with van der Waals surface area (Å²) in [5.74, 6) is 0. The summed E-state index contributed by atoms with van der Waals surface area (Å²) in [7, 11) is 0. The lowest BCUT2D eigenvalue weighted by Crippen LogP contribution is -2.34. The van der Waals surface area contributed by atoms with Crippen molar-refractivity contribution in [1.29, 1.82) is 5.26 Å². The number of aliphatic hydroxyl groups is 1. The normalized spacial score (nSPS) is 33.8. The SMILES string of the molecule is CC1(C)CC(C#N)=C[C@](C)(O)C1. The molecule has 0 radical (unpaired) electrons. The minimum absolute atomic E-state index is 0.0450. The van der Waals surface area contributed by atoms with Gasteiger partial charge < -0.3 is 5.11 Å². The molecule has 0 aliphatic heterocycles. The molecule has 0 amide bonds. The van der Waals surface area contributed by atoms with Gasteiger partial charge in [0.05, 0.1) is 11.7 Å². The van der Waals surface area contributed by atoms with Crippen molar-refractivity contribution in [2.24, 2.45) is 5.41 Å². The van der Waals surface area contributed by atoms with Crippen molar-refractivity contribution < 1.29 is 5.11 Å². The summed E-state index contributed by atoms with van der Waals surface area (Å²) in [4.78, 5) is 0. The molecule has 0 bridgehead atoms. The van der Waals surface area contributed by atoms with Gasteiger partial charge in [-0.05, 0) is 31.3 Å². The maximum Gasteiger partial charge on any atom is 0.0945 e. The Kier molecular flexibility index (Phi) is 2.01. The van der Waals surface area contributed by atoms with Crippen LogP contribution in [0.4, 0.5) is 0 Å². The van der Waals surface area contributed by atoms with Crippen molar-refractivity contribution in [2.45, 2.75) is 39.2 Å². The third kappa shape index (κ3) is 2.09. The number of nitriles is 1. The second kappa shape index (κ2) is 2.60. The van der Waals surface area contributed by atoms with E-state index in [2.05, 4.69) is 19.9 Å². The van der Waals surface area contributed by atoms with E-state index in [-0.39, 0.29) is 5.41 Å². The maximum absolute atomic E-state index is 9.78. The van der Waals surface area contributed by atoms with Gasteiger partial charge in [0.25, 0.3) is 0 Å². The van der Waals surface area contributed by atoms with Crippen molar-refractivity contribution in [3.63, 3.8) is 0 Å². The van der Waals surface area contributed by atoms with Crippen LogP contribution in [0.15, 0.2) is 11.6 Å². The first-order valence-corrected chi connectivity index (χ1v) is 4.19. The molecule has 1 rings (SSSR count). The molecule has 1 atom stereocenters. The smallest absolute Gasteiger partial charge is 0.0945 e. The summed E-state index contributed by atoms with van der Waals surface area (Å²) >= 11 is 0. The van der Waals surface area contributed by atoms with E-state index < -0.39 is 5.60 Å². The standard InChI is InChI=1S/C10H15NO/c1-9(2)4-8(6-11)5-10(3,12)7-9/h5,12H,4,7H2,1-3H3/t10-/m0/s1. The molecule has 0 aromatic carbocycles. The lowest BCUT2D eigenvalue weighted by atomic mass is 9.72. The Morgan fingerprint density at radius 3 is 2.50 bits per heavy atom. The zero-order chi connectivity index (χ0) is 9.41. The highest BCUT2D eigenvalue weighted by atomic mass is 16.3. The van der Waals surface area contributed by atoms with E-state index in [0.717, 1.165) is 12.8 Å². The molecule has 0 spiro atoms. The van der Waals surface area contributed by atoms with Crippen LogP contribution in [0, 0.1) is 16.7 Å². The van der Waals surface area contributed by atoms with Crippen molar-refractivity contribution in [2.75, 3.05) is 0 Å². The average molecular weight is 165 g/mol. The van der Waals surface area contributed by atoms with E-state index in [4.69, 9.17) is 5.26 Å². The molecule has 2 nitrogen and oxygen atoms in total. The van der Waals surface area contributed by atoms with Crippen molar-refractivity contribution >= 4 is 0 Å². The van der Waals surface area contributed by atoms with E-state index in [1.54, 1.807) is 13.0 Å². The minimum Gasteiger partial charge on any atom is -0.386 e. The highest BCUT2D eigenvalue weighted by Crippen LogP contribution is 2.39. The molecule has 2 heteroatoms. The monoisotopic (exact) mass is 165 g/mol. The molecule has 0 fully saturated rings. The summed E-state index contributed by atoms with van der Waals surface area (Å²) in [5, 5.41) is 18.5. The Labute approximate surface area is 73.5 Å². The molecule has 0 saturated heterocycles. The molecule has 66 valence electrons. The molecular weight excluding hydrogens is 150 g/mol. The van der Waals surface area contributed by atoms with Gasteiger partial charge in [-0.2, -0.15) is 5.26 Å². The Balaban J connectivity index is 2.96. The number of nitrogens with zero attached hydrogens (tertiary/aromatic N) is 1. The molecular formula is C10H15NO. The van der Waals surface area contributed by atoms with Gasteiger partial charge >= 0.3 is 0 Å². The van der Waals surface area contributed by atoms with Gasteiger partial charge in [0, 0.05) is 5.57 Å². The van der Waals surface area contributed by atoms with Crippen LogP contribution < -0.4 is 0 Å². The van der Waals surface area contributed by atoms with Gasteiger partial charge in [0.1, 0.15) is 0 Å². The van der Waals surface area contributed by atoms with Crippen molar-refractivity contribution in [1.82, 2.24) is 0 Å². The zero-order valence-electron chi connectivity index (χ0n) is 7.89. The van der Waals surface area contributed by atoms with Crippen LogP contribution in [0.1, 0.15) is 33.6 Å². The van der Waals surface area contributed by atoms with E-state index in [0.29, 0.717) is 5.57 Å². The van der Waals surface area contributed by atoms with Gasteiger partial charge in [-0.3, -0.25) is 0 Å². The van der Waals surface area contributed by atoms with Crippen LogP contribution in [0.2, 0.25) is 0 Å². The first kappa shape index (κ1) is 9.28. The Morgan fingerprint density at radius 1 is 1.50 bits per heavy atom. The lowest BCUT2D eigenvalue weighted by Gasteiger charge is -2.36. The minimum atomic E-state index is -0.799. The van der Waals surface area contributed by atoms with Crippen molar-refractivity contribution in [3.8, 4) is 6.07 Å². The molecule has 1 aliphatic carbocycles. The zero-order valence-corrected chi connectivity index (χ0v) is 7.89. The van der Waals surface area contributed by atoms with Gasteiger partial charge in [-0.25, -0.2) is 0 Å². The highest BCUT2D eigenvalue weighted by molar-refractivity contribution is 5.28. The van der Waals surface area contributed by atoms with Crippen LogP contribution in [-0.2, 0) is 0 Å². The maximum atomic E-state index is 9.78. The fourth-order valence-corrected chi connectivity index (χ4v) is 2.10. The lowest BCUT2D eigenvalue weighted by molar-refractivity contribution is 0.0489. The number of rotatable bonds is 0. The highest BCUT2D eigenvalue weighted by Gasteiger charge is 2.34. The number of allylic oxidation sites excluding steroid dienone is 1. The fourth-order valence-electron chi connectivity index (χ4n) is 2.10. The predicted molar refractivity (Wildman–Crippen MR) is 47.3 cm³/mol. The quantitative estimate of drug-likeness (QED) is 0.596. The summed E-state index contributed by atoms with van der Waals surface area (Å²) < 4.78 is 0. The third-order valence-electron chi connectivity index (χ3n) is 2.13. The number of hydrogen-bond acceptors (Lipinski definition) is 2. The van der Waals surface area contributed by atoms with E-state index in [1.165, 1.54) is 0 Å². The average Bonchev–Trinajstić information content (AvgIpc) is 1.80. The number of hydrogen-bond donors (Lipinski definition) is 1. The van der Waals surface area contributed by atoms with Crippen LogP contribution in [-0.4, -0.2) is 10.7 Å². The van der Waals surface area contributed by atoms with Crippen LogP contribution >= 0.6 is 0 Å². The van der Waals surface area contributed by atoms with Gasteiger partial charge in [-0.1, -0.05) is 13.8 Å². The van der Waals surface area contributed by atoms with E-state index >= 15 is 0 Å². The topological polar surface area (TPSA) is 44.0 Å². The Hall–Kier alpha value is -0.810. The molecule has 0 unspecified atom stereocenters. The van der Waals surface area contributed by atoms with Crippen LogP contribution in [0.25, 0.3) is 0 Å². The third-order valence-corrected chi connectivity index (χ3v) is 2.13. The molecule has 0 saturated carbocycles. The van der Waals surface area contributed by atoms with E-state index in [9.17, 15) is 5.11 Å². The summed E-state index contributed by atoms with van der Waals surface area (Å²) in [6, 6.07) is 2.12. The Bertz CT molecular complexity index is 256. The predicted octanol–water partition coefficient (Wildman–Crippen LogP) is 2.01. The second-order valence-electron chi connectivity index (χ2n) is 4.66. The van der Waals surface area contributed by atoms with Gasteiger partial charge in [0.2, 0.25) is 0 Å². The molecule has 1 aliphatic rings. The van der Waals surface area contributed by atoms with Crippen molar-refractivity contribution in [3.05, 3.63) is 11.6 Å². The Morgan fingerprint density at radius 2 is 2.08 bits per heavy atom. The van der Waals surface area contributed by atoms with Gasteiger partial charge in [0.15, 0.2) is 0 Å². The summed E-state index contributed by atoms with van der Waals surface area (Å²) in [5.41, 5.74) is -0.0490. The summed E-state index contributed by atoms with van der Waals surface area (Å²) in [6.07, 6.45) is 3.18. The first-order valence-electron chi connectivity index (χ1n) is 4.19. The van der Waals surface area contributed by atoms with Crippen LogP contribution in [0.3, 0.4) is 0 Å². The second-order valence-corrected chi connectivity index (χ2v) is 4.66. The molecule has 0 aromatic rings. The molecule has 12 heavy (non-hydrogen) atoms. The summed E-state index contributed by atoms with van der Waals surface area (Å²) in [6.45, 7) is 5.91. The van der Waals surface area contributed by atoms with E-state index in [1.807, 2.05) is 0 Å². The van der Waals surface area contributed by atoms with Gasteiger partial charge in [-0.15, -0.1) is 0 Å². The molecule has 1 N–H and O–H groups in total. The molecule has 0 aromatic heterocycles.